The Morgan fingerprint density at radius 3 is 2.00 bits per heavy atom. The Labute approximate surface area is 160 Å². The van der Waals surface area contributed by atoms with Gasteiger partial charge in [-0.3, -0.25) is 0 Å². The zero-order valence-electron chi connectivity index (χ0n) is 14.7. The number of benzene rings is 2. The second-order valence-electron chi connectivity index (χ2n) is 6.97. The SMILES string of the molecule is C1=C2c3ccccc3C(CSCCCCCCCS1)c1ccccc12. The van der Waals surface area contributed by atoms with Gasteiger partial charge in [-0.1, -0.05) is 67.8 Å². The molecule has 1 aliphatic heterocycles. The van der Waals surface area contributed by atoms with Crippen molar-refractivity contribution in [2.24, 2.45) is 0 Å². The van der Waals surface area contributed by atoms with Crippen molar-refractivity contribution < 1.29 is 0 Å². The van der Waals surface area contributed by atoms with E-state index in [0.717, 1.165) is 0 Å². The third-order valence-electron chi connectivity index (χ3n) is 5.29. The molecule has 130 valence electrons. The summed E-state index contributed by atoms with van der Waals surface area (Å²) in [6, 6.07) is 18.2. The smallest absolute Gasteiger partial charge is 0.0192 e. The maximum atomic E-state index is 2.43. The van der Waals surface area contributed by atoms with E-state index >= 15 is 0 Å². The van der Waals surface area contributed by atoms with Crippen LogP contribution in [-0.2, 0) is 0 Å². The maximum absolute atomic E-state index is 2.43. The highest BCUT2D eigenvalue weighted by atomic mass is 32.2. The van der Waals surface area contributed by atoms with Crippen LogP contribution in [0.3, 0.4) is 0 Å². The summed E-state index contributed by atoms with van der Waals surface area (Å²) >= 11 is 4.15. The summed E-state index contributed by atoms with van der Waals surface area (Å²) < 4.78 is 0. The molecule has 2 bridgehead atoms. The first-order valence-corrected chi connectivity index (χ1v) is 11.7. The summed E-state index contributed by atoms with van der Waals surface area (Å²) in [6.45, 7) is 0. The summed E-state index contributed by atoms with van der Waals surface area (Å²) in [5.41, 5.74) is 7.39. The van der Waals surface area contributed by atoms with E-state index in [-0.39, 0.29) is 0 Å². The van der Waals surface area contributed by atoms with Crippen LogP contribution in [0.2, 0.25) is 0 Å². The molecule has 0 spiro atoms. The van der Waals surface area contributed by atoms with Crippen molar-refractivity contribution in [2.75, 3.05) is 17.3 Å². The average Bonchev–Trinajstić information content (AvgIpc) is 2.67. The molecule has 2 aliphatic rings. The topological polar surface area (TPSA) is 0 Å². The fourth-order valence-corrected chi connectivity index (χ4v) is 6.05. The first-order valence-electron chi connectivity index (χ1n) is 9.53. The van der Waals surface area contributed by atoms with Crippen LogP contribution in [0.1, 0.15) is 60.3 Å². The molecule has 0 unspecified atom stereocenters. The highest BCUT2D eigenvalue weighted by Crippen LogP contribution is 2.44. The van der Waals surface area contributed by atoms with Crippen molar-refractivity contribution in [3.63, 3.8) is 0 Å². The molecule has 0 fully saturated rings. The molecule has 0 amide bonds. The maximum Gasteiger partial charge on any atom is 0.0192 e. The van der Waals surface area contributed by atoms with Gasteiger partial charge < -0.3 is 0 Å². The molecule has 2 aromatic carbocycles. The van der Waals surface area contributed by atoms with Gasteiger partial charge in [0.2, 0.25) is 0 Å². The molecule has 0 radical (unpaired) electrons. The van der Waals surface area contributed by atoms with Gasteiger partial charge in [-0.15, -0.1) is 11.8 Å². The molecular formula is C23H26S2. The molecule has 0 saturated carbocycles. The Kier molecular flexibility index (Phi) is 5.89. The summed E-state index contributed by atoms with van der Waals surface area (Å²) in [6.07, 6.45) is 6.90. The molecule has 2 aromatic rings. The van der Waals surface area contributed by atoms with Crippen LogP contribution in [0.15, 0.2) is 53.9 Å². The molecule has 1 aliphatic carbocycles. The quantitative estimate of drug-likeness (QED) is 0.494. The van der Waals surface area contributed by atoms with Crippen molar-refractivity contribution in [3.8, 4) is 0 Å². The second-order valence-corrected chi connectivity index (χ2v) is 9.10. The fourth-order valence-electron chi connectivity index (χ4n) is 3.97. The van der Waals surface area contributed by atoms with E-state index in [1.807, 2.05) is 11.8 Å². The lowest BCUT2D eigenvalue weighted by Crippen LogP contribution is -2.15. The van der Waals surface area contributed by atoms with Crippen LogP contribution >= 0.6 is 23.5 Å². The van der Waals surface area contributed by atoms with Crippen LogP contribution in [-0.4, -0.2) is 17.3 Å². The monoisotopic (exact) mass is 366 g/mol. The van der Waals surface area contributed by atoms with Crippen molar-refractivity contribution in [2.45, 2.75) is 38.0 Å². The number of fused-ring (bicyclic) bond motifs is 3. The molecule has 0 N–H and O–H groups in total. The summed E-state index contributed by atoms with van der Waals surface area (Å²) in [7, 11) is 0. The molecule has 0 nitrogen and oxygen atoms in total. The van der Waals surface area contributed by atoms with Crippen molar-refractivity contribution >= 4 is 29.1 Å². The molecule has 4 rings (SSSR count). The van der Waals surface area contributed by atoms with Gasteiger partial charge in [0.15, 0.2) is 0 Å². The number of thioether (sulfide) groups is 2. The third-order valence-corrected chi connectivity index (χ3v) is 7.36. The van der Waals surface area contributed by atoms with Gasteiger partial charge in [-0.2, -0.15) is 11.8 Å². The molecule has 2 heteroatoms. The lowest BCUT2D eigenvalue weighted by atomic mass is 9.77. The van der Waals surface area contributed by atoms with E-state index in [0.29, 0.717) is 5.92 Å². The van der Waals surface area contributed by atoms with E-state index in [2.05, 4.69) is 65.7 Å². The minimum Gasteiger partial charge on any atom is -0.161 e. The van der Waals surface area contributed by atoms with Gasteiger partial charge >= 0.3 is 0 Å². The Hall–Kier alpha value is -1.12. The molecule has 25 heavy (non-hydrogen) atoms. The lowest BCUT2D eigenvalue weighted by molar-refractivity contribution is 0.662. The minimum atomic E-state index is 0.532. The van der Waals surface area contributed by atoms with Gasteiger partial charge in [0.05, 0.1) is 0 Å². The van der Waals surface area contributed by atoms with Gasteiger partial charge in [-0.25, -0.2) is 0 Å². The van der Waals surface area contributed by atoms with Gasteiger partial charge in [-0.05, 0) is 57.6 Å². The highest BCUT2D eigenvalue weighted by Gasteiger charge is 2.27. The Balaban J connectivity index is 1.77. The zero-order chi connectivity index (χ0) is 16.9. The minimum absolute atomic E-state index is 0.532. The number of rotatable bonds is 0. The predicted octanol–water partition coefficient (Wildman–Crippen LogP) is 6.95. The Morgan fingerprint density at radius 2 is 1.28 bits per heavy atom. The summed E-state index contributed by atoms with van der Waals surface area (Å²) in [5, 5.41) is 2.43. The molecular weight excluding hydrogens is 340 g/mol. The van der Waals surface area contributed by atoms with Gasteiger partial charge in [0.25, 0.3) is 0 Å². The first kappa shape index (κ1) is 17.3. The zero-order valence-corrected chi connectivity index (χ0v) is 16.4. The van der Waals surface area contributed by atoms with Crippen LogP contribution in [0.4, 0.5) is 0 Å². The van der Waals surface area contributed by atoms with E-state index < -0.39 is 0 Å². The average molecular weight is 367 g/mol. The van der Waals surface area contributed by atoms with Crippen molar-refractivity contribution in [1.29, 1.82) is 0 Å². The van der Waals surface area contributed by atoms with Crippen molar-refractivity contribution in [3.05, 3.63) is 76.2 Å². The second kappa shape index (κ2) is 8.51. The molecule has 0 saturated heterocycles. The largest absolute Gasteiger partial charge is 0.161 e. The van der Waals surface area contributed by atoms with E-state index in [9.17, 15) is 0 Å². The lowest BCUT2D eigenvalue weighted by Gasteiger charge is -2.30. The van der Waals surface area contributed by atoms with E-state index in [1.54, 1.807) is 0 Å². The van der Waals surface area contributed by atoms with Crippen LogP contribution < -0.4 is 0 Å². The summed E-state index contributed by atoms with van der Waals surface area (Å²) in [4.78, 5) is 0. The van der Waals surface area contributed by atoms with Gasteiger partial charge in [0, 0.05) is 11.7 Å². The molecule has 0 atom stereocenters. The third kappa shape index (κ3) is 3.85. The first-order chi connectivity index (χ1) is 12.4. The standard InChI is InChI=1S/C23H26S2/c1-2-8-14-24-16-22-18-10-4-6-12-20(18)23(17-25-15-9-3-1)21-13-7-5-11-19(21)22/h4-7,10-13,16,23H,1-3,8-9,14-15,17H2. The molecule has 1 heterocycles. The Morgan fingerprint density at radius 1 is 0.680 bits per heavy atom. The van der Waals surface area contributed by atoms with Crippen LogP contribution in [0.5, 0.6) is 0 Å². The summed E-state index contributed by atoms with van der Waals surface area (Å²) in [5.74, 6) is 4.28. The van der Waals surface area contributed by atoms with E-state index in [4.69, 9.17) is 0 Å². The normalized spacial score (nSPS) is 21.4. The predicted molar refractivity (Wildman–Crippen MR) is 115 cm³/mol. The van der Waals surface area contributed by atoms with Crippen LogP contribution in [0.25, 0.3) is 5.57 Å². The van der Waals surface area contributed by atoms with Crippen LogP contribution in [0, 0.1) is 0 Å². The van der Waals surface area contributed by atoms with Crippen molar-refractivity contribution in [1.82, 2.24) is 0 Å². The fraction of sp³-hybridized carbons (Fsp3) is 0.391. The Bertz CT molecular complexity index is 698. The number of hydrogen-bond donors (Lipinski definition) is 0. The van der Waals surface area contributed by atoms with E-state index in [1.165, 1.54) is 77.2 Å². The van der Waals surface area contributed by atoms with Gasteiger partial charge in [0.1, 0.15) is 0 Å². The number of hydrogen-bond acceptors (Lipinski definition) is 2. The highest BCUT2D eigenvalue weighted by molar-refractivity contribution is 8.02. The molecule has 0 aromatic heterocycles.